The van der Waals surface area contributed by atoms with E-state index in [-0.39, 0.29) is 25.2 Å². The molecule has 1 atom stereocenters. The Labute approximate surface area is 182 Å². The van der Waals surface area contributed by atoms with Crippen molar-refractivity contribution in [2.45, 2.75) is 26.8 Å². The monoisotopic (exact) mass is 422 g/mol. The van der Waals surface area contributed by atoms with Crippen LogP contribution >= 0.6 is 0 Å². The summed E-state index contributed by atoms with van der Waals surface area (Å²) < 4.78 is 15.5. The normalized spacial score (nSPS) is 11.5. The Morgan fingerprint density at radius 2 is 1.90 bits per heavy atom. The Balaban J connectivity index is 1.86. The molecule has 7 heteroatoms. The topological polar surface area (TPSA) is 97.7 Å². The molecule has 1 N–H and O–H groups in total. The minimum absolute atomic E-state index is 0.0952. The van der Waals surface area contributed by atoms with Gasteiger partial charge in [-0.3, -0.25) is 4.79 Å². The van der Waals surface area contributed by atoms with Crippen molar-refractivity contribution < 1.29 is 23.8 Å². The van der Waals surface area contributed by atoms with Crippen LogP contribution in [0.25, 0.3) is 6.08 Å². The Bertz CT molecular complexity index is 1010. The van der Waals surface area contributed by atoms with Crippen molar-refractivity contribution >= 4 is 18.0 Å². The van der Waals surface area contributed by atoms with E-state index < -0.39 is 5.97 Å². The zero-order chi connectivity index (χ0) is 22.8. The van der Waals surface area contributed by atoms with Crippen LogP contribution in [0.15, 0.2) is 42.5 Å². The lowest BCUT2D eigenvalue weighted by molar-refractivity contribution is -0.144. The lowest BCUT2D eigenvalue weighted by atomic mass is 10.0. The van der Waals surface area contributed by atoms with Gasteiger partial charge in [0.2, 0.25) is 0 Å². The van der Waals surface area contributed by atoms with Gasteiger partial charge < -0.3 is 19.5 Å². The Morgan fingerprint density at radius 3 is 2.58 bits per heavy atom. The summed E-state index contributed by atoms with van der Waals surface area (Å²) in [6, 6.07) is 12.7. The van der Waals surface area contributed by atoms with E-state index in [4.69, 9.17) is 19.5 Å². The second kappa shape index (κ2) is 11.4. The van der Waals surface area contributed by atoms with Gasteiger partial charge in [-0.2, -0.15) is 5.26 Å². The van der Waals surface area contributed by atoms with E-state index in [9.17, 15) is 9.59 Å². The fourth-order valence-corrected chi connectivity index (χ4v) is 2.77. The lowest BCUT2D eigenvalue weighted by Gasteiger charge is -2.15. The molecule has 31 heavy (non-hydrogen) atoms. The van der Waals surface area contributed by atoms with Gasteiger partial charge in [0.25, 0.3) is 5.91 Å². The minimum atomic E-state index is -0.641. The average molecular weight is 422 g/mol. The molecule has 0 aliphatic heterocycles. The van der Waals surface area contributed by atoms with Crippen LogP contribution < -0.4 is 14.8 Å². The van der Waals surface area contributed by atoms with Gasteiger partial charge in [-0.15, -0.1) is 0 Å². The highest BCUT2D eigenvalue weighted by Crippen LogP contribution is 2.28. The van der Waals surface area contributed by atoms with Crippen molar-refractivity contribution in [2.75, 3.05) is 20.3 Å². The number of esters is 1. The van der Waals surface area contributed by atoms with Gasteiger partial charge in [0.1, 0.15) is 6.07 Å². The molecule has 0 aliphatic rings. The molecule has 0 fully saturated rings. The number of benzene rings is 2. The van der Waals surface area contributed by atoms with Crippen molar-refractivity contribution in [2.24, 2.45) is 0 Å². The number of aryl methyl sites for hydroxylation is 2. The van der Waals surface area contributed by atoms with Gasteiger partial charge in [-0.05, 0) is 61.2 Å². The Morgan fingerprint density at radius 1 is 1.13 bits per heavy atom. The third-order valence-electron chi connectivity index (χ3n) is 4.65. The number of nitriles is 1. The summed E-state index contributed by atoms with van der Waals surface area (Å²) in [5.74, 6) is -0.158. The largest absolute Gasteiger partial charge is 0.493 e. The molecule has 162 valence electrons. The molecule has 0 spiro atoms. The molecule has 0 saturated heterocycles. The average Bonchev–Trinajstić information content (AvgIpc) is 2.76. The molecule has 0 aromatic heterocycles. The smallest absolute Gasteiger partial charge is 0.331 e. The number of hydrogen-bond donors (Lipinski definition) is 1. The summed E-state index contributed by atoms with van der Waals surface area (Å²) in [5, 5.41) is 11.4. The van der Waals surface area contributed by atoms with E-state index in [0.29, 0.717) is 17.1 Å². The second-order valence-electron chi connectivity index (χ2n) is 6.93. The number of amides is 1. The number of hydrogen-bond acceptors (Lipinski definition) is 6. The Kier molecular flexibility index (Phi) is 8.64. The molecular formula is C24H26N2O5. The van der Waals surface area contributed by atoms with Gasteiger partial charge in [0.05, 0.1) is 13.2 Å². The fourth-order valence-electron chi connectivity index (χ4n) is 2.77. The fraction of sp³-hybridized carbons (Fsp3) is 0.292. The quantitative estimate of drug-likeness (QED) is 0.489. The van der Waals surface area contributed by atoms with Crippen LogP contribution in [0.4, 0.5) is 0 Å². The summed E-state index contributed by atoms with van der Waals surface area (Å²) in [6.07, 6.45) is 2.76. The van der Waals surface area contributed by atoms with Gasteiger partial charge >= 0.3 is 5.97 Å². The van der Waals surface area contributed by atoms with Crippen molar-refractivity contribution in [1.82, 2.24) is 5.32 Å². The first-order valence-corrected chi connectivity index (χ1v) is 9.73. The van der Waals surface area contributed by atoms with Gasteiger partial charge in [0, 0.05) is 6.08 Å². The maximum absolute atomic E-state index is 12.1. The molecule has 0 heterocycles. The van der Waals surface area contributed by atoms with Crippen LogP contribution in [0.1, 0.15) is 35.2 Å². The molecule has 0 unspecified atom stereocenters. The van der Waals surface area contributed by atoms with Crippen LogP contribution in [0.5, 0.6) is 11.5 Å². The molecule has 0 radical (unpaired) electrons. The standard InChI is InChI=1S/C24H26N2O5/c1-16-5-8-20(13-17(16)2)18(3)26-23(27)15-31-24(28)10-7-19-6-9-21(30-12-11-25)22(14-19)29-4/h5-10,13-14,18H,12,15H2,1-4H3,(H,26,27)/b10-7+/t18-/m1/s1. The number of nitrogens with zero attached hydrogens (tertiary/aromatic N) is 1. The molecule has 0 saturated carbocycles. The lowest BCUT2D eigenvalue weighted by Crippen LogP contribution is -2.31. The van der Waals surface area contributed by atoms with Crippen LogP contribution in [0.3, 0.4) is 0 Å². The highest BCUT2D eigenvalue weighted by atomic mass is 16.5. The minimum Gasteiger partial charge on any atom is -0.493 e. The molecule has 2 rings (SSSR count). The first-order chi connectivity index (χ1) is 14.8. The van der Waals surface area contributed by atoms with Gasteiger partial charge in [-0.25, -0.2) is 4.79 Å². The van der Waals surface area contributed by atoms with Crippen LogP contribution in [0, 0.1) is 25.2 Å². The summed E-state index contributed by atoms with van der Waals surface area (Å²) >= 11 is 0. The summed E-state index contributed by atoms with van der Waals surface area (Å²) in [6.45, 7) is 5.46. The number of nitrogens with one attached hydrogen (secondary N) is 1. The van der Waals surface area contributed by atoms with E-state index in [1.54, 1.807) is 18.2 Å². The van der Waals surface area contributed by atoms with Crippen molar-refractivity contribution in [3.05, 3.63) is 64.7 Å². The number of rotatable bonds is 9. The maximum atomic E-state index is 12.1. The Hall–Kier alpha value is -3.79. The van der Waals surface area contributed by atoms with E-state index in [1.165, 1.54) is 24.8 Å². The SMILES string of the molecule is COc1cc(/C=C/C(=O)OCC(=O)N[C@H](C)c2ccc(C)c(C)c2)ccc1OCC#N. The van der Waals surface area contributed by atoms with E-state index >= 15 is 0 Å². The predicted molar refractivity (Wildman–Crippen MR) is 117 cm³/mol. The number of methoxy groups -OCH3 is 1. The molecule has 0 bridgehead atoms. The summed E-state index contributed by atoms with van der Waals surface area (Å²) in [5.41, 5.74) is 3.99. The molecular weight excluding hydrogens is 396 g/mol. The highest BCUT2D eigenvalue weighted by Gasteiger charge is 2.12. The zero-order valence-corrected chi connectivity index (χ0v) is 18.1. The van der Waals surface area contributed by atoms with Crippen LogP contribution in [-0.4, -0.2) is 32.2 Å². The first-order valence-electron chi connectivity index (χ1n) is 9.73. The zero-order valence-electron chi connectivity index (χ0n) is 18.1. The predicted octanol–water partition coefficient (Wildman–Crippen LogP) is 3.65. The first kappa shape index (κ1) is 23.5. The van der Waals surface area contributed by atoms with Crippen molar-refractivity contribution in [1.29, 1.82) is 5.26 Å². The van der Waals surface area contributed by atoms with E-state index in [2.05, 4.69) is 5.32 Å². The van der Waals surface area contributed by atoms with E-state index in [1.807, 2.05) is 45.0 Å². The third kappa shape index (κ3) is 7.19. The number of ether oxygens (including phenoxy) is 3. The highest BCUT2D eigenvalue weighted by molar-refractivity contribution is 5.89. The summed E-state index contributed by atoms with van der Waals surface area (Å²) in [4.78, 5) is 24.0. The molecule has 0 aliphatic carbocycles. The van der Waals surface area contributed by atoms with Gasteiger partial charge in [0.15, 0.2) is 24.7 Å². The second-order valence-corrected chi connectivity index (χ2v) is 6.93. The number of carbonyl (C=O) groups excluding carboxylic acids is 2. The maximum Gasteiger partial charge on any atom is 0.331 e. The number of carbonyl (C=O) groups is 2. The summed E-state index contributed by atoms with van der Waals surface area (Å²) in [7, 11) is 1.48. The molecule has 2 aromatic carbocycles. The molecule has 2 aromatic rings. The molecule has 7 nitrogen and oxygen atoms in total. The van der Waals surface area contributed by atoms with Crippen molar-refractivity contribution in [3.63, 3.8) is 0 Å². The van der Waals surface area contributed by atoms with Crippen LogP contribution in [0.2, 0.25) is 0 Å². The van der Waals surface area contributed by atoms with Gasteiger partial charge in [-0.1, -0.05) is 24.3 Å². The van der Waals surface area contributed by atoms with Crippen molar-refractivity contribution in [3.8, 4) is 17.6 Å². The third-order valence-corrected chi connectivity index (χ3v) is 4.65. The van der Waals surface area contributed by atoms with E-state index in [0.717, 1.165) is 11.1 Å². The van der Waals surface area contributed by atoms with Crippen LogP contribution in [-0.2, 0) is 14.3 Å². The molecule has 1 amide bonds.